The fourth-order valence-corrected chi connectivity index (χ4v) is 3.16. The summed E-state index contributed by atoms with van der Waals surface area (Å²) in [6, 6.07) is 0. The quantitative estimate of drug-likeness (QED) is 0.770. The van der Waals surface area contributed by atoms with Gasteiger partial charge in [-0.25, -0.2) is 0 Å². The second kappa shape index (κ2) is 7.61. The van der Waals surface area contributed by atoms with Crippen LogP contribution in [0.2, 0.25) is 0 Å². The number of hydrogen-bond donors (Lipinski definition) is 1. The molecule has 19 heavy (non-hydrogen) atoms. The standard InChI is InChI=1S/C16H35N3/c1-14(2)6-9-16(3,13-17)19-10-7-15(8-11-19)12-18(4)5/h14-15H,6-13,17H2,1-5H3. The van der Waals surface area contributed by atoms with Crippen molar-refractivity contribution in [3.8, 4) is 0 Å². The Balaban J connectivity index is 2.46. The van der Waals surface area contributed by atoms with Crippen molar-refractivity contribution in [1.82, 2.24) is 9.80 Å². The largest absolute Gasteiger partial charge is 0.329 e. The van der Waals surface area contributed by atoms with Gasteiger partial charge in [0.25, 0.3) is 0 Å². The van der Waals surface area contributed by atoms with Gasteiger partial charge in [-0.15, -0.1) is 0 Å². The Morgan fingerprint density at radius 3 is 2.26 bits per heavy atom. The van der Waals surface area contributed by atoms with Crippen LogP contribution in [-0.4, -0.2) is 55.6 Å². The summed E-state index contributed by atoms with van der Waals surface area (Å²) in [5.74, 6) is 1.65. The van der Waals surface area contributed by atoms with E-state index in [-0.39, 0.29) is 5.54 Å². The normalized spacial score (nSPS) is 22.1. The van der Waals surface area contributed by atoms with Gasteiger partial charge in [-0.3, -0.25) is 4.90 Å². The Labute approximate surface area is 120 Å². The number of nitrogens with two attached hydrogens (primary N) is 1. The molecule has 0 aromatic heterocycles. The Bertz CT molecular complexity index is 244. The van der Waals surface area contributed by atoms with Gasteiger partial charge in [0.15, 0.2) is 0 Å². The summed E-state index contributed by atoms with van der Waals surface area (Å²) in [6.45, 7) is 11.5. The van der Waals surface area contributed by atoms with E-state index in [2.05, 4.69) is 44.7 Å². The van der Waals surface area contributed by atoms with E-state index in [0.717, 1.165) is 18.4 Å². The highest BCUT2D eigenvalue weighted by Crippen LogP contribution is 2.28. The minimum Gasteiger partial charge on any atom is -0.329 e. The molecule has 0 aromatic rings. The number of nitrogens with zero attached hydrogens (tertiary/aromatic N) is 2. The van der Waals surface area contributed by atoms with Crippen LogP contribution in [0.1, 0.15) is 46.5 Å². The summed E-state index contributed by atoms with van der Waals surface area (Å²) < 4.78 is 0. The van der Waals surface area contributed by atoms with Crippen molar-refractivity contribution in [3.63, 3.8) is 0 Å². The molecule has 0 radical (unpaired) electrons. The highest BCUT2D eigenvalue weighted by atomic mass is 15.2. The second-order valence-corrected chi connectivity index (χ2v) is 7.33. The molecule has 1 rings (SSSR count). The first-order valence-corrected chi connectivity index (χ1v) is 7.97. The predicted molar refractivity (Wildman–Crippen MR) is 84.4 cm³/mol. The maximum Gasteiger partial charge on any atom is 0.0303 e. The molecule has 0 saturated carbocycles. The van der Waals surface area contributed by atoms with Crippen LogP contribution < -0.4 is 5.73 Å². The molecule has 0 aromatic carbocycles. The third-order valence-electron chi connectivity index (χ3n) is 4.70. The van der Waals surface area contributed by atoms with E-state index in [4.69, 9.17) is 5.73 Å². The van der Waals surface area contributed by atoms with Crippen molar-refractivity contribution in [2.45, 2.75) is 52.0 Å². The molecule has 0 spiro atoms. The molecule has 1 heterocycles. The first-order chi connectivity index (χ1) is 8.87. The van der Waals surface area contributed by atoms with Crippen LogP contribution in [0.4, 0.5) is 0 Å². The summed E-state index contributed by atoms with van der Waals surface area (Å²) in [5, 5.41) is 0. The van der Waals surface area contributed by atoms with Crippen LogP contribution in [0.5, 0.6) is 0 Å². The Morgan fingerprint density at radius 2 is 1.84 bits per heavy atom. The Morgan fingerprint density at radius 1 is 1.26 bits per heavy atom. The first kappa shape index (κ1) is 16.9. The summed E-state index contributed by atoms with van der Waals surface area (Å²) in [5.41, 5.74) is 6.31. The maximum absolute atomic E-state index is 6.09. The van der Waals surface area contributed by atoms with Crippen LogP contribution in [-0.2, 0) is 0 Å². The van der Waals surface area contributed by atoms with Gasteiger partial charge in [0.2, 0.25) is 0 Å². The average Bonchev–Trinajstić information content (AvgIpc) is 2.36. The van der Waals surface area contributed by atoms with Gasteiger partial charge in [-0.05, 0) is 71.6 Å². The van der Waals surface area contributed by atoms with E-state index in [1.54, 1.807) is 0 Å². The maximum atomic E-state index is 6.09. The van der Waals surface area contributed by atoms with Crippen LogP contribution in [0.15, 0.2) is 0 Å². The molecule has 0 amide bonds. The number of hydrogen-bond acceptors (Lipinski definition) is 3. The molecule has 1 fully saturated rings. The average molecular weight is 269 g/mol. The topological polar surface area (TPSA) is 32.5 Å². The van der Waals surface area contributed by atoms with Crippen LogP contribution >= 0.6 is 0 Å². The minimum absolute atomic E-state index is 0.216. The highest BCUT2D eigenvalue weighted by Gasteiger charge is 2.33. The number of rotatable bonds is 7. The lowest BCUT2D eigenvalue weighted by molar-refractivity contribution is 0.0521. The van der Waals surface area contributed by atoms with E-state index < -0.39 is 0 Å². The minimum atomic E-state index is 0.216. The second-order valence-electron chi connectivity index (χ2n) is 7.33. The lowest BCUT2D eigenvalue weighted by Crippen LogP contribution is -2.55. The molecular weight excluding hydrogens is 234 g/mol. The lowest BCUT2D eigenvalue weighted by Gasteiger charge is -2.45. The van der Waals surface area contributed by atoms with Crippen LogP contribution in [0, 0.1) is 11.8 Å². The van der Waals surface area contributed by atoms with Gasteiger partial charge in [0.05, 0.1) is 0 Å². The summed E-state index contributed by atoms with van der Waals surface area (Å²) in [4.78, 5) is 4.97. The SMILES string of the molecule is CC(C)CCC(C)(CN)N1CCC(CN(C)C)CC1. The predicted octanol–water partition coefficient (Wildman–Crippen LogP) is 2.41. The molecule has 0 aliphatic carbocycles. The van der Waals surface area contributed by atoms with Gasteiger partial charge >= 0.3 is 0 Å². The van der Waals surface area contributed by atoms with E-state index in [1.165, 1.54) is 45.3 Å². The zero-order chi connectivity index (χ0) is 14.5. The fraction of sp³-hybridized carbons (Fsp3) is 1.00. The molecule has 2 N–H and O–H groups in total. The molecule has 1 aliphatic heterocycles. The van der Waals surface area contributed by atoms with Gasteiger partial charge in [0, 0.05) is 18.6 Å². The van der Waals surface area contributed by atoms with E-state index in [0.29, 0.717) is 0 Å². The summed E-state index contributed by atoms with van der Waals surface area (Å²) >= 11 is 0. The molecule has 3 nitrogen and oxygen atoms in total. The van der Waals surface area contributed by atoms with Gasteiger partial charge in [-0.1, -0.05) is 13.8 Å². The first-order valence-electron chi connectivity index (χ1n) is 7.97. The van der Waals surface area contributed by atoms with E-state index in [9.17, 15) is 0 Å². The fourth-order valence-electron chi connectivity index (χ4n) is 3.16. The van der Waals surface area contributed by atoms with E-state index >= 15 is 0 Å². The number of piperidine rings is 1. The van der Waals surface area contributed by atoms with Crippen molar-refractivity contribution in [1.29, 1.82) is 0 Å². The van der Waals surface area contributed by atoms with Crippen molar-refractivity contribution in [2.24, 2.45) is 17.6 Å². The molecule has 0 bridgehead atoms. The Hall–Kier alpha value is -0.120. The molecule has 1 saturated heterocycles. The zero-order valence-corrected chi connectivity index (χ0v) is 13.8. The third kappa shape index (κ3) is 5.41. The Kier molecular flexibility index (Phi) is 6.78. The van der Waals surface area contributed by atoms with Crippen LogP contribution in [0.25, 0.3) is 0 Å². The molecule has 114 valence electrons. The van der Waals surface area contributed by atoms with Crippen LogP contribution in [0.3, 0.4) is 0 Å². The van der Waals surface area contributed by atoms with Crippen molar-refractivity contribution in [3.05, 3.63) is 0 Å². The molecule has 1 unspecified atom stereocenters. The summed E-state index contributed by atoms with van der Waals surface area (Å²) in [6.07, 6.45) is 5.18. The molecule has 1 atom stereocenters. The van der Waals surface area contributed by atoms with Crippen molar-refractivity contribution in [2.75, 3.05) is 40.3 Å². The van der Waals surface area contributed by atoms with Crippen molar-refractivity contribution >= 4 is 0 Å². The monoisotopic (exact) mass is 269 g/mol. The molecule has 3 heteroatoms. The zero-order valence-electron chi connectivity index (χ0n) is 13.8. The third-order valence-corrected chi connectivity index (χ3v) is 4.70. The van der Waals surface area contributed by atoms with E-state index in [1.807, 2.05) is 0 Å². The summed E-state index contributed by atoms with van der Waals surface area (Å²) in [7, 11) is 4.36. The molecule has 1 aliphatic rings. The van der Waals surface area contributed by atoms with Gasteiger partial charge < -0.3 is 10.6 Å². The van der Waals surface area contributed by atoms with Crippen molar-refractivity contribution < 1.29 is 0 Å². The smallest absolute Gasteiger partial charge is 0.0303 e. The van der Waals surface area contributed by atoms with Gasteiger partial charge in [0.1, 0.15) is 0 Å². The van der Waals surface area contributed by atoms with Gasteiger partial charge in [-0.2, -0.15) is 0 Å². The highest BCUT2D eigenvalue weighted by molar-refractivity contribution is 4.90. The molecular formula is C16H35N3. The number of likely N-dealkylation sites (tertiary alicyclic amines) is 1. The lowest BCUT2D eigenvalue weighted by atomic mass is 9.86.